The largest absolute Gasteiger partial charge is 0.416 e. The van der Waals surface area contributed by atoms with Crippen molar-refractivity contribution in [3.05, 3.63) is 35.1 Å². The highest BCUT2D eigenvalue weighted by atomic mass is 19.4. The fraction of sp³-hybridized carbons (Fsp3) is 0.500. The number of aliphatic hydroxyl groups is 1. The Balaban J connectivity index is 2.20. The van der Waals surface area contributed by atoms with Gasteiger partial charge in [0.15, 0.2) is 0 Å². The third-order valence-corrected chi connectivity index (χ3v) is 3.24. The minimum atomic E-state index is -4.52. The average molecular weight is 248 g/mol. The number of rotatable bonds is 3. The van der Waals surface area contributed by atoms with Gasteiger partial charge in [-0.2, -0.15) is 13.2 Å². The van der Waals surface area contributed by atoms with Gasteiger partial charge >= 0.3 is 6.18 Å². The molecule has 1 aromatic rings. The summed E-state index contributed by atoms with van der Waals surface area (Å²) in [4.78, 5) is 0. The molecule has 5 heteroatoms. The molecule has 94 valence electrons. The molecule has 0 saturated heterocycles. The van der Waals surface area contributed by atoms with Crippen LogP contribution in [-0.2, 0) is 12.6 Å². The molecule has 1 aliphatic rings. The van der Waals surface area contributed by atoms with Gasteiger partial charge < -0.3 is 5.11 Å². The molecule has 1 fully saturated rings. The van der Waals surface area contributed by atoms with Crippen molar-refractivity contribution in [3.63, 3.8) is 0 Å². The first-order valence-electron chi connectivity index (χ1n) is 5.33. The highest BCUT2D eigenvalue weighted by Crippen LogP contribution is 2.48. The van der Waals surface area contributed by atoms with Crippen molar-refractivity contribution in [1.82, 2.24) is 0 Å². The Morgan fingerprint density at radius 3 is 2.29 bits per heavy atom. The molecule has 2 rings (SSSR count). The summed E-state index contributed by atoms with van der Waals surface area (Å²) in [5, 5.41) is 9.09. The zero-order valence-electron chi connectivity index (χ0n) is 9.02. The van der Waals surface area contributed by atoms with Gasteiger partial charge in [-0.15, -0.1) is 0 Å². The maximum absolute atomic E-state index is 13.5. The second-order valence-corrected chi connectivity index (χ2v) is 4.64. The number of halogens is 4. The maximum atomic E-state index is 13.5. The lowest BCUT2D eigenvalue weighted by Gasteiger charge is -2.13. The van der Waals surface area contributed by atoms with Crippen LogP contribution in [0.15, 0.2) is 18.2 Å². The molecule has 0 aromatic heterocycles. The zero-order valence-corrected chi connectivity index (χ0v) is 9.02. The molecule has 0 radical (unpaired) electrons. The van der Waals surface area contributed by atoms with E-state index in [2.05, 4.69) is 0 Å². The number of alkyl halides is 3. The summed E-state index contributed by atoms with van der Waals surface area (Å²) < 4.78 is 50.4. The molecule has 0 heterocycles. The number of aliphatic hydroxyl groups excluding tert-OH is 1. The lowest BCUT2D eigenvalue weighted by molar-refractivity contribution is -0.137. The van der Waals surface area contributed by atoms with Crippen molar-refractivity contribution in [3.8, 4) is 0 Å². The second kappa shape index (κ2) is 3.98. The molecule has 0 aliphatic heterocycles. The van der Waals surface area contributed by atoms with Crippen LogP contribution in [0, 0.1) is 11.2 Å². The van der Waals surface area contributed by atoms with Crippen LogP contribution in [0.5, 0.6) is 0 Å². The van der Waals surface area contributed by atoms with Gasteiger partial charge in [-0.3, -0.25) is 0 Å². The van der Waals surface area contributed by atoms with Crippen molar-refractivity contribution < 1.29 is 22.7 Å². The van der Waals surface area contributed by atoms with Gasteiger partial charge in [-0.25, -0.2) is 4.39 Å². The first-order valence-corrected chi connectivity index (χ1v) is 5.33. The lowest BCUT2D eigenvalue weighted by atomic mass is 9.96. The second-order valence-electron chi connectivity index (χ2n) is 4.64. The highest BCUT2D eigenvalue weighted by Gasteiger charge is 2.42. The molecule has 0 atom stereocenters. The van der Waals surface area contributed by atoms with E-state index < -0.39 is 17.6 Å². The minimum Gasteiger partial charge on any atom is -0.396 e. The van der Waals surface area contributed by atoms with Gasteiger partial charge in [0.1, 0.15) is 5.82 Å². The summed E-state index contributed by atoms with van der Waals surface area (Å²) >= 11 is 0. The first kappa shape index (κ1) is 12.4. The van der Waals surface area contributed by atoms with Gasteiger partial charge in [0, 0.05) is 6.61 Å². The first-order chi connectivity index (χ1) is 7.86. The monoisotopic (exact) mass is 248 g/mol. The molecule has 0 amide bonds. The Morgan fingerprint density at radius 2 is 1.88 bits per heavy atom. The SMILES string of the molecule is OCC1(Cc2ccc(C(F)(F)F)cc2F)CC1. The fourth-order valence-corrected chi connectivity index (χ4v) is 1.84. The standard InChI is InChI=1S/C12H12F4O/c13-10-5-9(12(14,15)16)2-1-8(10)6-11(7-17)3-4-11/h1-2,5,17H,3-4,6-7H2. The van der Waals surface area contributed by atoms with Crippen LogP contribution in [0.4, 0.5) is 17.6 Å². The third-order valence-electron chi connectivity index (χ3n) is 3.24. The third kappa shape index (κ3) is 2.60. The van der Waals surface area contributed by atoms with E-state index in [4.69, 9.17) is 5.11 Å². The summed E-state index contributed by atoms with van der Waals surface area (Å²) in [5.74, 6) is -0.848. The molecule has 17 heavy (non-hydrogen) atoms. The van der Waals surface area contributed by atoms with E-state index in [1.165, 1.54) is 0 Å². The Bertz CT molecular complexity index is 421. The van der Waals surface area contributed by atoms with E-state index in [1.54, 1.807) is 0 Å². The number of benzene rings is 1. The van der Waals surface area contributed by atoms with Crippen LogP contribution in [0.1, 0.15) is 24.0 Å². The van der Waals surface area contributed by atoms with Crippen molar-refractivity contribution in [2.24, 2.45) is 5.41 Å². The van der Waals surface area contributed by atoms with Crippen molar-refractivity contribution in [2.45, 2.75) is 25.4 Å². The van der Waals surface area contributed by atoms with Gasteiger partial charge in [0.05, 0.1) is 5.56 Å². The smallest absolute Gasteiger partial charge is 0.396 e. The summed E-state index contributed by atoms with van der Waals surface area (Å²) in [6.45, 7) is -0.0482. The van der Waals surface area contributed by atoms with Gasteiger partial charge in [0.2, 0.25) is 0 Å². The Hall–Kier alpha value is -1.10. The van der Waals surface area contributed by atoms with Crippen LogP contribution >= 0.6 is 0 Å². The van der Waals surface area contributed by atoms with Gasteiger partial charge in [-0.1, -0.05) is 6.07 Å². The van der Waals surface area contributed by atoms with Crippen LogP contribution in [-0.4, -0.2) is 11.7 Å². The summed E-state index contributed by atoms with van der Waals surface area (Å²) in [7, 11) is 0. The molecule has 0 bridgehead atoms. The summed E-state index contributed by atoms with van der Waals surface area (Å²) in [5.41, 5.74) is -1.04. The molecule has 1 saturated carbocycles. The lowest BCUT2D eigenvalue weighted by Crippen LogP contribution is -2.12. The molecular formula is C12H12F4O. The van der Waals surface area contributed by atoms with Gasteiger partial charge in [0.25, 0.3) is 0 Å². The molecule has 0 spiro atoms. The molecule has 1 N–H and O–H groups in total. The number of hydrogen-bond donors (Lipinski definition) is 1. The molecule has 1 aliphatic carbocycles. The zero-order chi connectivity index (χ0) is 12.7. The molecule has 1 aromatic carbocycles. The van der Waals surface area contributed by atoms with Crippen LogP contribution in [0.25, 0.3) is 0 Å². The van der Waals surface area contributed by atoms with Gasteiger partial charge in [-0.05, 0) is 42.4 Å². The van der Waals surface area contributed by atoms with E-state index in [1.807, 2.05) is 0 Å². The average Bonchev–Trinajstić information content (AvgIpc) is 3.00. The van der Waals surface area contributed by atoms with E-state index in [0.717, 1.165) is 25.0 Å². The van der Waals surface area contributed by atoms with Crippen molar-refractivity contribution >= 4 is 0 Å². The highest BCUT2D eigenvalue weighted by molar-refractivity contribution is 5.28. The van der Waals surface area contributed by atoms with Crippen molar-refractivity contribution in [2.75, 3.05) is 6.61 Å². The summed E-state index contributed by atoms with van der Waals surface area (Å²) in [6.07, 6.45) is -2.63. The molecule has 0 unspecified atom stereocenters. The quantitative estimate of drug-likeness (QED) is 0.815. The fourth-order valence-electron chi connectivity index (χ4n) is 1.84. The van der Waals surface area contributed by atoms with Crippen LogP contribution in [0.3, 0.4) is 0 Å². The Morgan fingerprint density at radius 1 is 1.24 bits per heavy atom. The molecule has 1 nitrogen and oxygen atoms in total. The van der Waals surface area contributed by atoms with E-state index in [-0.39, 0.29) is 17.6 Å². The normalized spacial score (nSPS) is 18.2. The predicted molar refractivity (Wildman–Crippen MR) is 53.9 cm³/mol. The topological polar surface area (TPSA) is 20.2 Å². The van der Waals surface area contributed by atoms with E-state index >= 15 is 0 Å². The van der Waals surface area contributed by atoms with Crippen molar-refractivity contribution in [1.29, 1.82) is 0 Å². The predicted octanol–water partition coefficient (Wildman–Crippen LogP) is 3.16. The van der Waals surface area contributed by atoms with Crippen LogP contribution in [0.2, 0.25) is 0 Å². The minimum absolute atomic E-state index is 0.0482. The van der Waals surface area contributed by atoms with E-state index in [9.17, 15) is 17.6 Å². The Kier molecular flexibility index (Phi) is 2.89. The maximum Gasteiger partial charge on any atom is 0.416 e. The molecular weight excluding hydrogens is 236 g/mol. The van der Waals surface area contributed by atoms with E-state index in [0.29, 0.717) is 12.5 Å². The number of hydrogen-bond acceptors (Lipinski definition) is 1. The van der Waals surface area contributed by atoms with Crippen LogP contribution < -0.4 is 0 Å². The Labute approximate surface area is 96.1 Å². The summed E-state index contributed by atoms with van der Waals surface area (Å²) in [6, 6.07) is 2.56.